The lowest BCUT2D eigenvalue weighted by Crippen LogP contribution is -2.40. The van der Waals surface area contributed by atoms with Crippen molar-refractivity contribution in [2.75, 3.05) is 32.1 Å². The summed E-state index contributed by atoms with van der Waals surface area (Å²) in [6.07, 6.45) is 0.803. The maximum atomic E-state index is 12.9. The molecular weight excluding hydrogens is 429 g/mol. The van der Waals surface area contributed by atoms with E-state index in [9.17, 15) is 8.42 Å². The fraction of sp³-hybridized carbons (Fsp3) is 0.588. The summed E-state index contributed by atoms with van der Waals surface area (Å²) in [5, 5.41) is 0.865. The van der Waals surface area contributed by atoms with Gasteiger partial charge in [0.25, 0.3) is 0 Å². The SMILES string of the molecule is CCn1c(SCC2CC2(Cl)Cl)nc2cc(S(=O)(=O)N3CCOCC3)ccc21. The number of imidazole rings is 1. The molecule has 0 N–H and O–H groups in total. The molecule has 1 aliphatic heterocycles. The summed E-state index contributed by atoms with van der Waals surface area (Å²) in [6.45, 7) is 4.42. The summed E-state index contributed by atoms with van der Waals surface area (Å²) in [5.74, 6) is 1.07. The van der Waals surface area contributed by atoms with E-state index in [-0.39, 0.29) is 10.8 Å². The number of ether oxygens (including phenoxy) is 1. The highest BCUT2D eigenvalue weighted by Gasteiger charge is 2.51. The zero-order valence-electron chi connectivity index (χ0n) is 14.9. The van der Waals surface area contributed by atoms with Crippen LogP contribution < -0.4 is 0 Å². The maximum absolute atomic E-state index is 12.9. The molecule has 2 aliphatic rings. The van der Waals surface area contributed by atoms with E-state index in [4.69, 9.17) is 27.9 Å². The summed E-state index contributed by atoms with van der Waals surface area (Å²) in [7, 11) is -3.53. The first-order chi connectivity index (χ1) is 12.8. The molecule has 2 aromatic rings. The van der Waals surface area contributed by atoms with Crippen molar-refractivity contribution in [2.24, 2.45) is 5.92 Å². The average Bonchev–Trinajstić information content (AvgIpc) is 3.12. The van der Waals surface area contributed by atoms with E-state index in [1.54, 1.807) is 23.9 Å². The Labute approximate surface area is 173 Å². The summed E-state index contributed by atoms with van der Waals surface area (Å²) in [5.41, 5.74) is 1.62. The van der Waals surface area contributed by atoms with E-state index >= 15 is 0 Å². The number of sulfonamides is 1. The van der Waals surface area contributed by atoms with Gasteiger partial charge in [-0.05, 0) is 31.5 Å². The molecule has 0 amide bonds. The fourth-order valence-corrected chi connectivity index (χ4v) is 6.66. The van der Waals surface area contributed by atoms with Crippen molar-refractivity contribution >= 4 is 56.0 Å². The van der Waals surface area contributed by atoms with Gasteiger partial charge in [0.1, 0.15) is 4.33 Å². The third-order valence-electron chi connectivity index (χ3n) is 4.98. The van der Waals surface area contributed by atoms with Gasteiger partial charge in [0.15, 0.2) is 5.16 Å². The number of hydrogen-bond donors (Lipinski definition) is 0. The Morgan fingerprint density at radius 3 is 2.67 bits per heavy atom. The number of alkyl halides is 2. The quantitative estimate of drug-likeness (QED) is 0.499. The lowest BCUT2D eigenvalue weighted by Gasteiger charge is -2.26. The molecule has 0 bridgehead atoms. The monoisotopic (exact) mass is 449 g/mol. The molecule has 2 heterocycles. The first-order valence-corrected chi connectivity index (χ1v) is 12.1. The van der Waals surface area contributed by atoms with Crippen molar-refractivity contribution in [3.63, 3.8) is 0 Å². The Hall–Kier alpha value is -0.510. The van der Waals surface area contributed by atoms with Crippen LogP contribution in [0, 0.1) is 5.92 Å². The van der Waals surface area contributed by atoms with Gasteiger partial charge < -0.3 is 9.30 Å². The van der Waals surface area contributed by atoms with Crippen molar-refractivity contribution in [1.29, 1.82) is 0 Å². The number of thioether (sulfide) groups is 1. The molecule has 1 atom stereocenters. The van der Waals surface area contributed by atoms with E-state index in [2.05, 4.69) is 9.55 Å². The number of rotatable bonds is 6. The van der Waals surface area contributed by atoms with Crippen molar-refractivity contribution in [3.8, 4) is 0 Å². The highest BCUT2D eigenvalue weighted by atomic mass is 35.5. The Bertz CT molecular complexity index is 956. The molecule has 6 nitrogen and oxygen atoms in total. The Morgan fingerprint density at radius 1 is 1.33 bits per heavy atom. The molecule has 27 heavy (non-hydrogen) atoms. The Kier molecular flexibility index (Phi) is 5.42. The van der Waals surface area contributed by atoms with Crippen LogP contribution in [0.5, 0.6) is 0 Å². The molecule has 0 radical (unpaired) electrons. The van der Waals surface area contributed by atoms with Crippen molar-refractivity contribution in [1.82, 2.24) is 13.9 Å². The second kappa shape index (κ2) is 7.39. The van der Waals surface area contributed by atoms with Crippen LogP contribution in [0.15, 0.2) is 28.3 Å². The minimum atomic E-state index is -3.53. The number of fused-ring (bicyclic) bond motifs is 1. The molecule has 10 heteroatoms. The minimum absolute atomic E-state index is 0.271. The van der Waals surface area contributed by atoms with Crippen LogP contribution in [0.1, 0.15) is 13.3 Å². The van der Waals surface area contributed by atoms with Crippen LogP contribution in [-0.2, 0) is 21.3 Å². The van der Waals surface area contributed by atoms with Crippen LogP contribution in [0.3, 0.4) is 0 Å². The number of hydrogen-bond acceptors (Lipinski definition) is 5. The molecule has 1 aromatic carbocycles. The Balaban J connectivity index is 1.62. The van der Waals surface area contributed by atoms with E-state index in [1.165, 1.54) is 4.31 Å². The van der Waals surface area contributed by atoms with Gasteiger partial charge in [-0.2, -0.15) is 4.31 Å². The van der Waals surface area contributed by atoms with Gasteiger partial charge in [-0.15, -0.1) is 23.2 Å². The fourth-order valence-electron chi connectivity index (χ4n) is 3.23. The van der Waals surface area contributed by atoms with Gasteiger partial charge in [0, 0.05) is 31.3 Å². The Morgan fingerprint density at radius 2 is 2.04 bits per heavy atom. The molecule has 1 aromatic heterocycles. The number of nitrogens with zero attached hydrogens (tertiary/aromatic N) is 3. The lowest BCUT2D eigenvalue weighted by molar-refractivity contribution is 0.0730. The number of aromatic nitrogens is 2. The topological polar surface area (TPSA) is 64.4 Å². The van der Waals surface area contributed by atoms with Crippen molar-refractivity contribution in [3.05, 3.63) is 18.2 Å². The maximum Gasteiger partial charge on any atom is 0.243 e. The van der Waals surface area contributed by atoms with Crippen LogP contribution >= 0.6 is 35.0 Å². The normalized spacial score (nSPS) is 23.0. The van der Waals surface area contributed by atoms with Crippen molar-refractivity contribution in [2.45, 2.75) is 34.3 Å². The highest BCUT2D eigenvalue weighted by Crippen LogP contribution is 2.54. The van der Waals surface area contributed by atoms with Gasteiger partial charge in [0.2, 0.25) is 10.0 Å². The summed E-state index contributed by atoms with van der Waals surface area (Å²) in [6, 6.07) is 5.17. The van der Waals surface area contributed by atoms with Gasteiger partial charge in [-0.25, -0.2) is 13.4 Å². The minimum Gasteiger partial charge on any atom is -0.379 e. The molecule has 4 rings (SSSR count). The molecule has 1 unspecified atom stereocenters. The first kappa shape index (κ1) is 19.8. The molecular formula is C17H21Cl2N3O3S2. The van der Waals surface area contributed by atoms with Crippen LogP contribution in [0.4, 0.5) is 0 Å². The highest BCUT2D eigenvalue weighted by molar-refractivity contribution is 7.99. The first-order valence-electron chi connectivity index (χ1n) is 8.92. The number of aryl methyl sites for hydroxylation is 1. The largest absolute Gasteiger partial charge is 0.379 e. The third-order valence-corrected chi connectivity index (χ3v) is 8.94. The summed E-state index contributed by atoms with van der Waals surface area (Å²) >= 11 is 13.8. The second-order valence-electron chi connectivity index (χ2n) is 6.78. The average molecular weight is 450 g/mol. The summed E-state index contributed by atoms with van der Waals surface area (Å²) in [4.78, 5) is 4.96. The zero-order chi connectivity index (χ0) is 19.2. The van der Waals surface area contributed by atoms with Crippen molar-refractivity contribution < 1.29 is 13.2 Å². The number of morpholine rings is 1. The van der Waals surface area contributed by atoms with Gasteiger partial charge in [0.05, 0.1) is 29.1 Å². The third kappa shape index (κ3) is 3.84. The standard InChI is InChI=1S/C17H21Cl2N3O3S2/c1-2-22-15-4-3-13(27(23,24)21-5-7-25-8-6-21)9-14(15)20-16(22)26-11-12-10-17(12,18)19/h3-4,9,12H,2,5-8,10-11H2,1H3. The lowest BCUT2D eigenvalue weighted by atomic mass is 10.3. The second-order valence-corrected chi connectivity index (χ2v) is 11.2. The van der Waals surface area contributed by atoms with Crippen LogP contribution in [0.2, 0.25) is 0 Å². The number of halogens is 2. The predicted molar refractivity (Wildman–Crippen MR) is 108 cm³/mol. The van der Waals surface area contributed by atoms with E-state index in [0.717, 1.165) is 29.4 Å². The zero-order valence-corrected chi connectivity index (χ0v) is 18.0. The molecule has 1 saturated heterocycles. The molecule has 1 saturated carbocycles. The number of benzene rings is 1. The molecule has 1 aliphatic carbocycles. The van der Waals surface area contributed by atoms with E-state index in [0.29, 0.717) is 31.8 Å². The van der Waals surface area contributed by atoms with Crippen LogP contribution in [0.25, 0.3) is 11.0 Å². The molecule has 2 fully saturated rings. The molecule has 148 valence electrons. The smallest absolute Gasteiger partial charge is 0.243 e. The van der Waals surface area contributed by atoms with E-state index < -0.39 is 14.4 Å². The van der Waals surface area contributed by atoms with Crippen LogP contribution in [-0.4, -0.2) is 58.7 Å². The van der Waals surface area contributed by atoms with E-state index in [1.807, 2.05) is 13.0 Å². The van der Waals surface area contributed by atoms with Gasteiger partial charge >= 0.3 is 0 Å². The summed E-state index contributed by atoms with van der Waals surface area (Å²) < 4.78 is 34.0. The van der Waals surface area contributed by atoms with Gasteiger partial charge in [-0.3, -0.25) is 0 Å². The van der Waals surface area contributed by atoms with Gasteiger partial charge in [-0.1, -0.05) is 11.8 Å². The molecule has 0 spiro atoms. The predicted octanol–water partition coefficient (Wildman–Crippen LogP) is 3.36.